The molecule has 0 aliphatic rings. The van der Waals surface area contributed by atoms with Crippen molar-refractivity contribution in [3.8, 4) is 11.3 Å². The van der Waals surface area contributed by atoms with E-state index in [9.17, 15) is 12.6 Å². The van der Waals surface area contributed by atoms with Gasteiger partial charge >= 0.3 is 0 Å². The monoisotopic (exact) mass is 451 g/mol. The van der Waals surface area contributed by atoms with Crippen molar-refractivity contribution in [1.29, 1.82) is 0 Å². The second-order valence-corrected chi connectivity index (χ2v) is 11.2. The summed E-state index contributed by atoms with van der Waals surface area (Å²) in [5, 5.41) is 0. The minimum Gasteiger partial charge on any atom is -0.245 e. The van der Waals surface area contributed by atoms with Crippen molar-refractivity contribution >= 4 is 25.7 Å². The molecule has 6 nitrogen and oxygen atoms in total. The van der Waals surface area contributed by atoms with Crippen LogP contribution in [0.2, 0.25) is 0 Å². The van der Waals surface area contributed by atoms with E-state index in [2.05, 4.69) is 9.35 Å². The van der Waals surface area contributed by atoms with Gasteiger partial charge in [0.05, 0.1) is 26.5 Å². The Hall–Kier alpha value is -3.23. The smallest absolute Gasteiger partial charge is 0.245 e. The van der Waals surface area contributed by atoms with Gasteiger partial charge in [0.15, 0.2) is 0 Å². The van der Waals surface area contributed by atoms with Crippen molar-refractivity contribution < 1.29 is 12.6 Å². The lowest BCUT2D eigenvalue weighted by atomic mass is 10.2. The molecule has 4 rings (SSSR count). The normalized spacial score (nSPS) is 13.5. The van der Waals surface area contributed by atoms with E-state index in [0.717, 1.165) is 15.1 Å². The van der Waals surface area contributed by atoms with E-state index >= 15 is 0 Å². The van der Waals surface area contributed by atoms with Crippen molar-refractivity contribution in [3.63, 3.8) is 0 Å². The molecule has 158 valence electrons. The molecule has 0 aliphatic carbocycles. The summed E-state index contributed by atoms with van der Waals surface area (Å²) in [5.41, 5.74) is 2.11. The van der Waals surface area contributed by atoms with E-state index in [1.54, 1.807) is 36.4 Å². The minimum absolute atomic E-state index is 0.105. The average Bonchev–Trinajstić information content (AvgIpc) is 3.19. The van der Waals surface area contributed by atoms with Crippen LogP contribution >= 0.6 is 0 Å². The van der Waals surface area contributed by atoms with Gasteiger partial charge in [0, 0.05) is 16.7 Å². The van der Waals surface area contributed by atoms with Gasteiger partial charge in [-0.1, -0.05) is 66.2 Å². The van der Waals surface area contributed by atoms with Crippen LogP contribution in [0.4, 0.5) is 5.95 Å². The van der Waals surface area contributed by atoms with E-state index in [1.807, 2.05) is 43.3 Å². The summed E-state index contributed by atoms with van der Waals surface area (Å²) in [6.45, 7) is 1.88. The van der Waals surface area contributed by atoms with Gasteiger partial charge in [-0.05, 0) is 31.2 Å². The molecule has 0 fully saturated rings. The van der Waals surface area contributed by atoms with Gasteiger partial charge in [0.25, 0.3) is 16.0 Å². The Balaban J connectivity index is 1.94. The molecule has 1 heterocycles. The van der Waals surface area contributed by atoms with Crippen molar-refractivity contribution in [1.82, 2.24) is 8.96 Å². The zero-order valence-corrected chi connectivity index (χ0v) is 18.7. The molecule has 4 aromatic rings. The maximum atomic E-state index is 13.4. The predicted molar refractivity (Wildman–Crippen MR) is 122 cm³/mol. The van der Waals surface area contributed by atoms with Gasteiger partial charge in [-0.3, -0.25) is 0 Å². The number of rotatable bonds is 5. The van der Waals surface area contributed by atoms with Gasteiger partial charge in [-0.15, -0.1) is 0 Å². The highest BCUT2D eigenvalue weighted by molar-refractivity contribution is 7.93. The molecule has 0 aliphatic heterocycles. The second-order valence-electron chi connectivity index (χ2n) is 7.11. The van der Waals surface area contributed by atoms with E-state index in [0.29, 0.717) is 10.6 Å². The molecule has 0 N–H and O–H groups in total. The van der Waals surface area contributed by atoms with Crippen LogP contribution in [0.5, 0.6) is 0 Å². The van der Waals surface area contributed by atoms with Gasteiger partial charge in [0.2, 0.25) is 0 Å². The first-order valence-corrected chi connectivity index (χ1v) is 12.9. The largest absolute Gasteiger partial charge is 0.270 e. The fraction of sp³-hybridized carbons (Fsp3) is 0.0870. The Labute approximate surface area is 182 Å². The molecule has 1 unspecified atom stereocenters. The average molecular weight is 452 g/mol. The summed E-state index contributed by atoms with van der Waals surface area (Å²) in [6, 6.07) is 24.5. The topological polar surface area (TPSA) is 81.4 Å². The molecule has 0 radical (unpaired) electrons. The Morgan fingerprint density at radius 1 is 0.774 bits per heavy atom. The number of imidazole rings is 1. The number of aromatic nitrogens is 2. The van der Waals surface area contributed by atoms with Gasteiger partial charge in [-0.25, -0.2) is 21.6 Å². The Bertz CT molecular complexity index is 1440. The summed E-state index contributed by atoms with van der Waals surface area (Å²) in [6.07, 6.45) is 2.89. The van der Waals surface area contributed by atoms with Crippen LogP contribution in [0.15, 0.2) is 105 Å². The first kappa shape index (κ1) is 21.0. The summed E-state index contributed by atoms with van der Waals surface area (Å²) in [5.74, 6) is -0.129. The number of benzene rings is 3. The third kappa shape index (κ3) is 4.30. The second kappa shape index (κ2) is 8.13. The number of hydrogen-bond acceptors (Lipinski definition) is 5. The van der Waals surface area contributed by atoms with Crippen LogP contribution in [0.25, 0.3) is 11.3 Å². The van der Waals surface area contributed by atoms with Crippen LogP contribution in [-0.2, 0) is 19.8 Å². The molecule has 0 saturated heterocycles. The number of nitrogens with zero attached hydrogens (tertiary/aromatic N) is 3. The molecule has 0 spiro atoms. The van der Waals surface area contributed by atoms with E-state index in [-0.39, 0.29) is 10.8 Å². The zero-order chi connectivity index (χ0) is 22.1. The Kier molecular flexibility index (Phi) is 5.51. The van der Waals surface area contributed by atoms with Crippen LogP contribution in [0.3, 0.4) is 0 Å². The molecule has 1 aromatic heterocycles. The van der Waals surface area contributed by atoms with Gasteiger partial charge in [-0.2, -0.15) is 4.36 Å². The maximum absolute atomic E-state index is 13.4. The molecule has 0 saturated carbocycles. The molecule has 31 heavy (non-hydrogen) atoms. The van der Waals surface area contributed by atoms with Gasteiger partial charge < -0.3 is 0 Å². The predicted octanol–water partition coefficient (Wildman–Crippen LogP) is 4.88. The van der Waals surface area contributed by atoms with Gasteiger partial charge in [0.1, 0.15) is 0 Å². The summed E-state index contributed by atoms with van der Waals surface area (Å²) in [4.78, 5) is 5.04. The third-order valence-corrected chi connectivity index (χ3v) is 8.05. The quantitative estimate of drug-likeness (QED) is 0.433. The Morgan fingerprint density at radius 3 is 1.97 bits per heavy atom. The lowest BCUT2D eigenvalue weighted by Crippen LogP contribution is -2.12. The number of aryl methyl sites for hydroxylation is 1. The van der Waals surface area contributed by atoms with Crippen LogP contribution < -0.4 is 0 Å². The lowest BCUT2D eigenvalue weighted by Gasteiger charge is -2.08. The molecular formula is C23H21N3O3S2. The SMILES string of the molecule is Cc1ccc(S(=O)(=O)n2cc(-c3ccccc3)nc2N=S(C)(=O)c2ccccc2)cc1. The van der Waals surface area contributed by atoms with E-state index in [4.69, 9.17) is 0 Å². The summed E-state index contributed by atoms with van der Waals surface area (Å²) < 4.78 is 45.5. The van der Waals surface area contributed by atoms with Crippen LogP contribution in [-0.4, -0.2) is 27.8 Å². The first-order valence-electron chi connectivity index (χ1n) is 9.52. The molecule has 0 bridgehead atoms. The van der Waals surface area contributed by atoms with E-state index < -0.39 is 19.8 Å². The van der Waals surface area contributed by atoms with E-state index in [1.165, 1.54) is 24.6 Å². The number of hydrogen-bond donors (Lipinski definition) is 0. The van der Waals surface area contributed by atoms with Crippen molar-refractivity contribution in [2.24, 2.45) is 4.36 Å². The van der Waals surface area contributed by atoms with Crippen LogP contribution in [0, 0.1) is 6.92 Å². The zero-order valence-electron chi connectivity index (χ0n) is 17.0. The highest BCUT2D eigenvalue weighted by atomic mass is 32.2. The summed E-state index contributed by atoms with van der Waals surface area (Å²) in [7, 11) is -6.92. The fourth-order valence-electron chi connectivity index (χ4n) is 3.05. The highest BCUT2D eigenvalue weighted by Gasteiger charge is 2.24. The Morgan fingerprint density at radius 2 is 1.35 bits per heavy atom. The van der Waals surface area contributed by atoms with Crippen molar-refractivity contribution in [2.75, 3.05) is 6.26 Å². The maximum Gasteiger partial charge on any atom is 0.270 e. The van der Waals surface area contributed by atoms with Crippen molar-refractivity contribution in [2.45, 2.75) is 16.7 Å². The minimum atomic E-state index is -3.99. The fourth-order valence-corrected chi connectivity index (χ4v) is 5.55. The van der Waals surface area contributed by atoms with Crippen molar-refractivity contribution in [3.05, 3.63) is 96.7 Å². The molecule has 0 amide bonds. The third-order valence-electron chi connectivity index (χ3n) is 4.74. The molecule has 1 atom stereocenters. The summed E-state index contributed by atoms with van der Waals surface area (Å²) >= 11 is 0. The standard InChI is InChI=1S/C23H21N3O3S2/c1-18-13-15-21(16-14-18)31(28,29)26-17-22(19-9-5-3-6-10-19)24-23(26)25-30(2,27)20-11-7-4-8-12-20/h3-17H,1-2H3. The highest BCUT2D eigenvalue weighted by Crippen LogP contribution is 2.28. The molecule has 3 aromatic carbocycles. The first-order chi connectivity index (χ1) is 14.8. The van der Waals surface area contributed by atoms with Crippen LogP contribution in [0.1, 0.15) is 5.56 Å². The molecular weight excluding hydrogens is 430 g/mol. The molecule has 8 heteroatoms. The lowest BCUT2D eigenvalue weighted by molar-refractivity contribution is 0.587.